The van der Waals surface area contributed by atoms with Gasteiger partial charge in [0.2, 0.25) is 5.56 Å². The molecule has 2 N–H and O–H groups in total. The summed E-state index contributed by atoms with van der Waals surface area (Å²) in [6.07, 6.45) is 1.54. The van der Waals surface area contributed by atoms with Crippen molar-refractivity contribution in [3.8, 4) is 34.6 Å². The normalized spacial score (nSPS) is 10.6. The van der Waals surface area contributed by atoms with Crippen molar-refractivity contribution in [1.29, 1.82) is 5.26 Å². The first-order chi connectivity index (χ1) is 13.7. The number of nitrogens with zero attached hydrogens (tertiary/aromatic N) is 3. The minimum absolute atomic E-state index is 0.227. The summed E-state index contributed by atoms with van der Waals surface area (Å²) in [4.78, 5) is 18.4. The average molecular weight is 381 g/mol. The molecule has 0 saturated heterocycles. The van der Waals surface area contributed by atoms with E-state index in [1.165, 1.54) is 6.07 Å². The Morgan fingerprint density at radius 3 is 2.75 bits per heavy atom. The summed E-state index contributed by atoms with van der Waals surface area (Å²) in [6, 6.07) is 10.4. The molecule has 2 aromatic heterocycles. The second-order valence-electron chi connectivity index (χ2n) is 5.73. The third-order valence-electron chi connectivity index (χ3n) is 3.81. The van der Waals surface area contributed by atoms with Crippen LogP contribution in [-0.4, -0.2) is 53.7 Å². The van der Waals surface area contributed by atoms with Gasteiger partial charge in [-0.15, -0.1) is 0 Å². The molecule has 144 valence electrons. The maximum Gasteiger partial charge on any atom is 0.248 e. The predicted molar refractivity (Wildman–Crippen MR) is 101 cm³/mol. The molecule has 0 atom stereocenters. The molecular formula is C19H19N5O4. The van der Waals surface area contributed by atoms with Crippen LogP contribution in [0.15, 0.2) is 41.3 Å². The number of methoxy groups -OCH3 is 1. The van der Waals surface area contributed by atoms with Gasteiger partial charge >= 0.3 is 0 Å². The zero-order valence-corrected chi connectivity index (χ0v) is 15.3. The number of H-pyrrole nitrogens is 2. The molecule has 0 amide bonds. The number of nitrogens with one attached hydrogen (secondary N) is 2. The van der Waals surface area contributed by atoms with Crippen LogP contribution in [0.2, 0.25) is 0 Å². The highest BCUT2D eigenvalue weighted by molar-refractivity contribution is 5.64. The van der Waals surface area contributed by atoms with Gasteiger partial charge in [0.05, 0.1) is 25.4 Å². The molecule has 2 heterocycles. The summed E-state index contributed by atoms with van der Waals surface area (Å²) in [7, 11) is 1.61. The van der Waals surface area contributed by atoms with Gasteiger partial charge in [-0.1, -0.05) is 0 Å². The second kappa shape index (κ2) is 9.45. The van der Waals surface area contributed by atoms with Crippen molar-refractivity contribution < 1.29 is 14.2 Å². The summed E-state index contributed by atoms with van der Waals surface area (Å²) in [6.45, 7) is 1.74. The van der Waals surface area contributed by atoms with Crippen molar-refractivity contribution in [3.05, 3.63) is 52.4 Å². The molecule has 28 heavy (non-hydrogen) atoms. The van der Waals surface area contributed by atoms with Gasteiger partial charge in [-0.3, -0.25) is 9.89 Å². The summed E-state index contributed by atoms with van der Waals surface area (Å²) in [5, 5.41) is 16.4. The first kappa shape index (κ1) is 19.3. The number of aromatic amines is 2. The number of nitriles is 1. The molecule has 3 aromatic rings. The number of rotatable bonds is 9. The number of benzene rings is 1. The fourth-order valence-corrected chi connectivity index (χ4v) is 2.45. The van der Waals surface area contributed by atoms with Gasteiger partial charge < -0.3 is 19.2 Å². The van der Waals surface area contributed by atoms with Crippen LogP contribution in [0.1, 0.15) is 5.56 Å². The monoisotopic (exact) mass is 381 g/mol. The lowest BCUT2D eigenvalue weighted by Crippen LogP contribution is -2.10. The van der Waals surface area contributed by atoms with E-state index in [0.717, 1.165) is 0 Å². The molecule has 9 nitrogen and oxygen atoms in total. The largest absolute Gasteiger partial charge is 0.490 e. The van der Waals surface area contributed by atoms with E-state index < -0.39 is 0 Å². The Kier molecular flexibility index (Phi) is 6.51. The van der Waals surface area contributed by atoms with Gasteiger partial charge in [0.25, 0.3) is 0 Å². The minimum atomic E-state index is -0.227. The summed E-state index contributed by atoms with van der Waals surface area (Å²) in [5.74, 6) is 1.35. The van der Waals surface area contributed by atoms with E-state index >= 15 is 0 Å². The van der Waals surface area contributed by atoms with Gasteiger partial charge in [0, 0.05) is 30.5 Å². The SMILES string of the molecule is COCCOCCOc1ccc(-c2n[nH]c(-c3cc[nH]c(=O)c3)n2)cc1C#N. The standard InChI is InChI=1S/C19H19N5O4/c1-26-6-7-27-8-9-28-16-3-2-13(10-15(16)12-20)18-22-19(24-23-18)14-4-5-21-17(25)11-14/h2-5,10-11H,6-9H2,1H3,(H,21,25)(H,22,23,24). The highest BCUT2D eigenvalue weighted by Crippen LogP contribution is 2.25. The van der Waals surface area contributed by atoms with Crippen molar-refractivity contribution in [2.45, 2.75) is 0 Å². The topological polar surface area (TPSA) is 126 Å². The maximum atomic E-state index is 11.4. The lowest BCUT2D eigenvalue weighted by atomic mass is 10.1. The van der Waals surface area contributed by atoms with Gasteiger partial charge in [-0.05, 0) is 24.3 Å². The zero-order valence-electron chi connectivity index (χ0n) is 15.3. The number of hydrogen-bond acceptors (Lipinski definition) is 7. The van der Waals surface area contributed by atoms with Gasteiger partial charge in [-0.25, -0.2) is 4.98 Å². The molecule has 1 aromatic carbocycles. The molecule has 0 fully saturated rings. The smallest absolute Gasteiger partial charge is 0.248 e. The molecule has 0 radical (unpaired) electrons. The minimum Gasteiger partial charge on any atom is -0.490 e. The van der Waals surface area contributed by atoms with Crippen molar-refractivity contribution in [1.82, 2.24) is 20.2 Å². The molecule has 0 unspecified atom stereocenters. The predicted octanol–water partition coefficient (Wildman–Crippen LogP) is 1.74. The van der Waals surface area contributed by atoms with Gasteiger partial charge in [0.15, 0.2) is 11.6 Å². The van der Waals surface area contributed by atoms with Crippen LogP contribution in [0, 0.1) is 11.3 Å². The zero-order chi connectivity index (χ0) is 19.8. The van der Waals surface area contributed by atoms with Crippen LogP contribution in [0.3, 0.4) is 0 Å². The van der Waals surface area contributed by atoms with Crippen molar-refractivity contribution >= 4 is 0 Å². The summed E-state index contributed by atoms with van der Waals surface area (Å²) in [5.41, 5.74) is 1.43. The number of hydrogen-bond donors (Lipinski definition) is 2. The Morgan fingerprint density at radius 1 is 1.11 bits per heavy atom. The Balaban J connectivity index is 1.70. The lowest BCUT2D eigenvalue weighted by molar-refractivity contribution is 0.0544. The third-order valence-corrected chi connectivity index (χ3v) is 3.81. The molecule has 0 aliphatic carbocycles. The van der Waals surface area contributed by atoms with E-state index in [1.807, 2.05) is 0 Å². The highest BCUT2D eigenvalue weighted by atomic mass is 16.5. The Morgan fingerprint density at radius 2 is 1.96 bits per heavy atom. The molecule has 0 aliphatic heterocycles. The van der Waals surface area contributed by atoms with Crippen LogP contribution in [-0.2, 0) is 9.47 Å². The molecule has 0 saturated carbocycles. The Labute approximate surface area is 160 Å². The van der Waals surface area contributed by atoms with E-state index in [9.17, 15) is 10.1 Å². The Hall–Kier alpha value is -3.48. The first-order valence-electron chi connectivity index (χ1n) is 8.57. The van der Waals surface area contributed by atoms with Crippen LogP contribution < -0.4 is 10.3 Å². The van der Waals surface area contributed by atoms with Crippen LogP contribution >= 0.6 is 0 Å². The van der Waals surface area contributed by atoms with E-state index in [4.69, 9.17) is 14.2 Å². The van der Waals surface area contributed by atoms with E-state index in [2.05, 4.69) is 26.2 Å². The van der Waals surface area contributed by atoms with Crippen molar-refractivity contribution in [2.75, 3.05) is 33.5 Å². The molecule has 3 rings (SSSR count). The molecular weight excluding hydrogens is 362 g/mol. The lowest BCUT2D eigenvalue weighted by Gasteiger charge is -2.09. The molecule has 9 heteroatoms. The number of pyridine rings is 1. The van der Waals surface area contributed by atoms with Gasteiger partial charge in [-0.2, -0.15) is 10.4 Å². The first-order valence-corrected chi connectivity index (χ1v) is 8.57. The van der Waals surface area contributed by atoms with E-state index in [1.54, 1.807) is 37.6 Å². The molecule has 0 spiro atoms. The van der Waals surface area contributed by atoms with Crippen LogP contribution in [0.5, 0.6) is 5.75 Å². The van der Waals surface area contributed by atoms with Gasteiger partial charge in [0.1, 0.15) is 18.4 Å². The Bertz CT molecular complexity index is 1020. The second-order valence-corrected chi connectivity index (χ2v) is 5.73. The fourth-order valence-electron chi connectivity index (χ4n) is 2.45. The maximum absolute atomic E-state index is 11.4. The third kappa shape index (κ3) is 4.82. The number of aromatic nitrogens is 4. The van der Waals surface area contributed by atoms with Crippen LogP contribution in [0.4, 0.5) is 0 Å². The van der Waals surface area contributed by atoms with E-state index in [0.29, 0.717) is 60.5 Å². The molecule has 0 bridgehead atoms. The summed E-state index contributed by atoms with van der Waals surface area (Å²) >= 11 is 0. The molecule has 0 aliphatic rings. The highest BCUT2D eigenvalue weighted by Gasteiger charge is 2.11. The van der Waals surface area contributed by atoms with Crippen molar-refractivity contribution in [3.63, 3.8) is 0 Å². The quantitative estimate of drug-likeness (QED) is 0.541. The van der Waals surface area contributed by atoms with Crippen LogP contribution in [0.25, 0.3) is 22.8 Å². The van der Waals surface area contributed by atoms with E-state index in [-0.39, 0.29) is 5.56 Å². The number of ether oxygens (including phenoxy) is 3. The average Bonchev–Trinajstić information content (AvgIpc) is 3.21. The summed E-state index contributed by atoms with van der Waals surface area (Å²) < 4.78 is 15.8. The fraction of sp³-hybridized carbons (Fsp3) is 0.263. The van der Waals surface area contributed by atoms with Crippen molar-refractivity contribution in [2.24, 2.45) is 0 Å².